The molecule has 6 heteroatoms. The molecule has 1 aromatic carbocycles. The first-order valence-corrected chi connectivity index (χ1v) is 4.68. The quantitative estimate of drug-likeness (QED) is 0.836. The molecule has 17 heavy (non-hydrogen) atoms. The van der Waals surface area contributed by atoms with Gasteiger partial charge in [-0.3, -0.25) is 0 Å². The zero-order valence-corrected chi connectivity index (χ0v) is 8.77. The Labute approximate surface area is 95.1 Å². The van der Waals surface area contributed by atoms with Gasteiger partial charge in [-0.05, 0) is 18.6 Å². The third-order valence-electron chi connectivity index (χ3n) is 2.28. The monoisotopic (exact) mass is 237 g/mol. The van der Waals surface area contributed by atoms with Crippen LogP contribution in [0.1, 0.15) is 16.1 Å². The van der Waals surface area contributed by atoms with Crippen LogP contribution in [0.4, 0.5) is 4.39 Å². The van der Waals surface area contributed by atoms with E-state index in [2.05, 4.69) is 5.16 Å². The summed E-state index contributed by atoms with van der Waals surface area (Å²) in [7, 11) is 0. The van der Waals surface area contributed by atoms with Gasteiger partial charge in [0.1, 0.15) is 11.6 Å². The van der Waals surface area contributed by atoms with Crippen molar-refractivity contribution in [1.82, 2.24) is 5.16 Å². The summed E-state index contributed by atoms with van der Waals surface area (Å²) in [4.78, 5) is 10.6. The standard InChI is InChI=1S/C11H8FNO4/c1-5-2-6(7(12)3-9(5)14)10-4-8(11(15)16)13-17-10/h2-4,14H,1H3,(H,15,16). The molecule has 2 N–H and O–H groups in total. The number of hydrogen-bond acceptors (Lipinski definition) is 4. The van der Waals surface area contributed by atoms with Gasteiger partial charge in [0.05, 0.1) is 5.56 Å². The summed E-state index contributed by atoms with van der Waals surface area (Å²) in [6.45, 7) is 1.59. The van der Waals surface area contributed by atoms with E-state index in [0.717, 1.165) is 12.1 Å². The number of carboxylic acid groups (broad SMARTS) is 1. The molecule has 0 bridgehead atoms. The number of nitrogens with zero attached hydrogens (tertiary/aromatic N) is 1. The first kappa shape index (κ1) is 11.1. The number of phenolic OH excluding ortho intramolecular Hbond substituents is 1. The Kier molecular flexibility index (Phi) is 2.55. The summed E-state index contributed by atoms with van der Waals surface area (Å²) in [5.74, 6) is -2.13. The third kappa shape index (κ3) is 1.96. The molecule has 5 nitrogen and oxygen atoms in total. The molecular formula is C11H8FNO4. The van der Waals surface area contributed by atoms with E-state index in [9.17, 15) is 14.3 Å². The molecule has 2 aromatic rings. The van der Waals surface area contributed by atoms with Gasteiger partial charge in [-0.1, -0.05) is 5.16 Å². The second kappa shape index (κ2) is 3.89. The Bertz CT molecular complexity index is 591. The van der Waals surface area contributed by atoms with Crippen LogP contribution < -0.4 is 0 Å². The third-order valence-corrected chi connectivity index (χ3v) is 2.28. The number of hydrogen-bond donors (Lipinski definition) is 2. The molecule has 0 fully saturated rings. The van der Waals surface area contributed by atoms with Crippen molar-refractivity contribution in [3.05, 3.63) is 35.3 Å². The maximum atomic E-state index is 13.5. The first-order chi connectivity index (χ1) is 7.99. The number of carboxylic acids is 1. The molecule has 0 aliphatic carbocycles. The summed E-state index contributed by atoms with van der Waals surface area (Å²) in [6, 6.07) is 3.42. The maximum absolute atomic E-state index is 13.5. The minimum atomic E-state index is -1.25. The molecule has 1 aromatic heterocycles. The zero-order chi connectivity index (χ0) is 12.6. The first-order valence-electron chi connectivity index (χ1n) is 4.68. The van der Waals surface area contributed by atoms with Crippen molar-refractivity contribution in [1.29, 1.82) is 0 Å². The summed E-state index contributed by atoms with van der Waals surface area (Å²) < 4.78 is 18.3. The molecule has 0 aliphatic heterocycles. The number of halogens is 1. The van der Waals surface area contributed by atoms with Gasteiger partial charge in [-0.25, -0.2) is 9.18 Å². The maximum Gasteiger partial charge on any atom is 0.358 e. The van der Waals surface area contributed by atoms with Gasteiger partial charge in [-0.2, -0.15) is 0 Å². The van der Waals surface area contributed by atoms with Crippen molar-refractivity contribution < 1.29 is 23.9 Å². The van der Waals surface area contributed by atoms with Crippen LogP contribution in [-0.2, 0) is 0 Å². The fourth-order valence-corrected chi connectivity index (χ4v) is 1.36. The number of benzene rings is 1. The molecule has 0 spiro atoms. The number of phenols is 1. The highest BCUT2D eigenvalue weighted by atomic mass is 19.1. The van der Waals surface area contributed by atoms with Crippen LogP contribution in [0.2, 0.25) is 0 Å². The number of aromatic carboxylic acids is 1. The van der Waals surface area contributed by atoms with E-state index in [1.807, 2.05) is 0 Å². The number of aromatic nitrogens is 1. The second-order valence-electron chi connectivity index (χ2n) is 3.50. The van der Waals surface area contributed by atoms with Crippen molar-refractivity contribution in [2.24, 2.45) is 0 Å². The fourth-order valence-electron chi connectivity index (χ4n) is 1.36. The van der Waals surface area contributed by atoms with E-state index >= 15 is 0 Å². The molecule has 0 unspecified atom stereocenters. The lowest BCUT2D eigenvalue weighted by molar-refractivity contribution is 0.0686. The van der Waals surface area contributed by atoms with E-state index in [4.69, 9.17) is 9.63 Å². The van der Waals surface area contributed by atoms with Gasteiger partial charge >= 0.3 is 5.97 Å². The van der Waals surface area contributed by atoms with Gasteiger partial charge in [0.2, 0.25) is 0 Å². The molecule has 0 aliphatic rings. The summed E-state index contributed by atoms with van der Waals surface area (Å²) in [5, 5.41) is 21.2. The Morgan fingerprint density at radius 2 is 2.12 bits per heavy atom. The average molecular weight is 237 g/mol. The van der Waals surface area contributed by atoms with E-state index in [1.165, 1.54) is 6.07 Å². The SMILES string of the molecule is Cc1cc(-c2cc(C(=O)O)no2)c(F)cc1O. The van der Waals surface area contributed by atoms with E-state index in [-0.39, 0.29) is 22.8 Å². The summed E-state index contributed by atoms with van der Waals surface area (Å²) >= 11 is 0. The average Bonchev–Trinajstić information content (AvgIpc) is 2.72. The summed E-state index contributed by atoms with van der Waals surface area (Å²) in [5.41, 5.74) is 0.208. The highest BCUT2D eigenvalue weighted by Crippen LogP contribution is 2.29. The zero-order valence-electron chi connectivity index (χ0n) is 8.77. The number of carbonyl (C=O) groups is 1. The van der Waals surface area contributed by atoms with Gasteiger partial charge < -0.3 is 14.7 Å². The van der Waals surface area contributed by atoms with Crippen molar-refractivity contribution in [2.75, 3.05) is 0 Å². The van der Waals surface area contributed by atoms with E-state index in [1.54, 1.807) is 6.92 Å². The topological polar surface area (TPSA) is 83.6 Å². The van der Waals surface area contributed by atoms with Gasteiger partial charge in [0.15, 0.2) is 11.5 Å². The molecule has 2 rings (SSSR count). The van der Waals surface area contributed by atoms with Crippen LogP contribution in [0.15, 0.2) is 22.7 Å². The van der Waals surface area contributed by atoms with E-state index in [0.29, 0.717) is 5.56 Å². The van der Waals surface area contributed by atoms with Crippen LogP contribution in [0, 0.1) is 12.7 Å². The van der Waals surface area contributed by atoms with Crippen LogP contribution >= 0.6 is 0 Å². The molecule has 1 heterocycles. The summed E-state index contributed by atoms with van der Waals surface area (Å²) in [6.07, 6.45) is 0. The Morgan fingerprint density at radius 1 is 1.41 bits per heavy atom. The van der Waals surface area contributed by atoms with Crippen molar-refractivity contribution in [2.45, 2.75) is 6.92 Å². The minimum absolute atomic E-state index is 0.00278. The second-order valence-corrected chi connectivity index (χ2v) is 3.50. The Morgan fingerprint density at radius 3 is 2.71 bits per heavy atom. The van der Waals surface area contributed by atoms with E-state index < -0.39 is 11.8 Å². The minimum Gasteiger partial charge on any atom is -0.508 e. The van der Waals surface area contributed by atoms with Crippen molar-refractivity contribution in [3.8, 4) is 17.1 Å². The van der Waals surface area contributed by atoms with Gasteiger partial charge in [-0.15, -0.1) is 0 Å². The predicted molar refractivity (Wildman–Crippen MR) is 55.3 cm³/mol. The molecular weight excluding hydrogens is 229 g/mol. The number of rotatable bonds is 2. The Hall–Kier alpha value is -2.37. The highest BCUT2D eigenvalue weighted by Gasteiger charge is 2.16. The predicted octanol–water partition coefficient (Wildman–Crippen LogP) is 2.19. The lowest BCUT2D eigenvalue weighted by atomic mass is 10.1. The normalized spacial score (nSPS) is 10.5. The number of aromatic hydroxyl groups is 1. The van der Waals surface area contributed by atoms with Crippen molar-refractivity contribution in [3.63, 3.8) is 0 Å². The molecule has 0 amide bonds. The molecule has 88 valence electrons. The molecule has 0 atom stereocenters. The lowest BCUT2D eigenvalue weighted by Crippen LogP contribution is -1.94. The molecule has 0 saturated heterocycles. The smallest absolute Gasteiger partial charge is 0.358 e. The van der Waals surface area contributed by atoms with Crippen LogP contribution in [0.25, 0.3) is 11.3 Å². The highest BCUT2D eigenvalue weighted by molar-refractivity contribution is 5.86. The molecule has 0 saturated carbocycles. The molecule has 0 radical (unpaired) electrons. The van der Waals surface area contributed by atoms with Crippen LogP contribution in [-0.4, -0.2) is 21.3 Å². The van der Waals surface area contributed by atoms with Gasteiger partial charge in [0, 0.05) is 12.1 Å². The fraction of sp³-hybridized carbons (Fsp3) is 0.0909. The van der Waals surface area contributed by atoms with Crippen LogP contribution in [0.3, 0.4) is 0 Å². The van der Waals surface area contributed by atoms with Crippen LogP contribution in [0.5, 0.6) is 5.75 Å². The largest absolute Gasteiger partial charge is 0.508 e. The number of aryl methyl sites for hydroxylation is 1. The lowest BCUT2D eigenvalue weighted by Gasteiger charge is -2.02. The van der Waals surface area contributed by atoms with Crippen molar-refractivity contribution >= 4 is 5.97 Å². The Balaban J connectivity index is 2.52. The van der Waals surface area contributed by atoms with Gasteiger partial charge in [0.25, 0.3) is 0 Å².